The molecule has 0 aromatic carbocycles. The molecular formula is C14H16FN3OS. The minimum atomic E-state index is -0.400. The molecule has 0 unspecified atom stereocenters. The Labute approximate surface area is 121 Å². The molecule has 0 fully saturated rings. The van der Waals surface area contributed by atoms with Crippen molar-refractivity contribution in [1.29, 1.82) is 0 Å². The van der Waals surface area contributed by atoms with Crippen LogP contribution in [0.2, 0.25) is 0 Å². The first kappa shape index (κ1) is 14.6. The maximum absolute atomic E-state index is 13.2. The van der Waals surface area contributed by atoms with Crippen LogP contribution < -0.4 is 4.90 Å². The summed E-state index contributed by atoms with van der Waals surface area (Å²) in [6.07, 6.45) is 2.72. The van der Waals surface area contributed by atoms with Crippen LogP contribution in [0.4, 0.5) is 9.39 Å². The Bertz CT molecular complexity index is 639. The second-order valence-corrected chi connectivity index (χ2v) is 5.83. The number of anilines is 1. The topological polar surface area (TPSA) is 46.1 Å². The molecule has 6 heteroatoms. The second kappa shape index (κ2) is 5.66. The zero-order valence-corrected chi connectivity index (χ0v) is 12.7. The number of halogens is 1. The minimum Gasteiger partial charge on any atom is -0.305 e. The monoisotopic (exact) mass is 293 g/mol. The Balaban J connectivity index is 2.37. The lowest BCUT2D eigenvalue weighted by atomic mass is 10.2. The molecule has 0 bridgehead atoms. The van der Waals surface area contributed by atoms with Gasteiger partial charge in [0.15, 0.2) is 0 Å². The lowest BCUT2D eigenvalue weighted by Crippen LogP contribution is -2.30. The quantitative estimate of drug-likeness (QED) is 0.872. The third-order valence-corrected chi connectivity index (χ3v) is 4.14. The van der Waals surface area contributed by atoms with Gasteiger partial charge in [0.1, 0.15) is 15.8 Å². The molecule has 0 saturated heterocycles. The molecule has 0 aliphatic carbocycles. The molecule has 0 aliphatic rings. The Morgan fingerprint density at radius 1 is 1.40 bits per heavy atom. The molecule has 20 heavy (non-hydrogen) atoms. The minimum absolute atomic E-state index is 0.0284. The molecule has 0 N–H and O–H groups in total. The average molecular weight is 293 g/mol. The van der Waals surface area contributed by atoms with Crippen LogP contribution in [0, 0.1) is 18.7 Å². The van der Waals surface area contributed by atoms with E-state index in [0.717, 1.165) is 16.9 Å². The van der Waals surface area contributed by atoms with E-state index in [2.05, 4.69) is 9.97 Å². The smallest absolute Gasteiger partial charge is 0.229 e. The summed E-state index contributed by atoms with van der Waals surface area (Å²) in [7, 11) is 1.73. The fourth-order valence-electron chi connectivity index (χ4n) is 1.84. The molecule has 0 spiro atoms. The molecule has 0 atom stereocenters. The molecule has 2 heterocycles. The number of pyridine rings is 1. The first-order valence-corrected chi connectivity index (χ1v) is 7.07. The molecule has 2 aromatic heterocycles. The van der Waals surface area contributed by atoms with E-state index in [1.807, 2.05) is 20.8 Å². The van der Waals surface area contributed by atoms with E-state index in [-0.39, 0.29) is 11.8 Å². The number of carbonyl (C=O) groups excluding carboxylic acids is 1. The number of hydrogen-bond donors (Lipinski definition) is 0. The van der Waals surface area contributed by atoms with Gasteiger partial charge in [0.05, 0.1) is 11.9 Å². The van der Waals surface area contributed by atoms with Gasteiger partial charge in [-0.15, -0.1) is 0 Å². The molecule has 1 amide bonds. The molecule has 106 valence electrons. The van der Waals surface area contributed by atoms with Crippen LogP contribution in [0.1, 0.15) is 19.5 Å². The number of rotatable bonds is 3. The SMILES string of the molecule is Cc1nc(-c2cncc(F)c2)sc1N(C)C(=O)C(C)C. The largest absolute Gasteiger partial charge is 0.305 e. The first-order valence-electron chi connectivity index (χ1n) is 6.26. The third-order valence-electron chi connectivity index (χ3n) is 2.85. The van der Waals surface area contributed by atoms with Gasteiger partial charge in [0.2, 0.25) is 5.91 Å². The van der Waals surface area contributed by atoms with Crippen molar-refractivity contribution in [2.75, 3.05) is 11.9 Å². The summed E-state index contributed by atoms with van der Waals surface area (Å²) < 4.78 is 13.2. The fourth-order valence-corrected chi connectivity index (χ4v) is 2.85. The van der Waals surface area contributed by atoms with Gasteiger partial charge in [0, 0.05) is 24.7 Å². The van der Waals surface area contributed by atoms with Gasteiger partial charge >= 0.3 is 0 Å². The van der Waals surface area contributed by atoms with Gasteiger partial charge in [-0.3, -0.25) is 9.78 Å². The zero-order valence-electron chi connectivity index (χ0n) is 11.8. The van der Waals surface area contributed by atoms with E-state index in [1.165, 1.54) is 17.4 Å². The Morgan fingerprint density at radius 3 is 2.70 bits per heavy atom. The molecule has 2 rings (SSSR count). The van der Waals surface area contributed by atoms with Crippen LogP contribution in [0.3, 0.4) is 0 Å². The van der Waals surface area contributed by atoms with Crippen LogP contribution >= 0.6 is 11.3 Å². The summed E-state index contributed by atoms with van der Waals surface area (Å²) in [6, 6.07) is 1.39. The predicted molar refractivity (Wildman–Crippen MR) is 78.3 cm³/mol. The number of carbonyl (C=O) groups is 1. The summed E-state index contributed by atoms with van der Waals surface area (Å²) in [6.45, 7) is 5.55. The summed E-state index contributed by atoms with van der Waals surface area (Å²) in [5.41, 5.74) is 1.38. The van der Waals surface area contributed by atoms with Gasteiger partial charge in [-0.1, -0.05) is 25.2 Å². The lowest BCUT2D eigenvalue weighted by Gasteiger charge is -2.17. The molecule has 0 radical (unpaired) electrons. The van der Waals surface area contributed by atoms with Gasteiger partial charge in [-0.25, -0.2) is 9.37 Å². The van der Waals surface area contributed by atoms with Crippen LogP contribution in [-0.4, -0.2) is 22.9 Å². The van der Waals surface area contributed by atoms with Crippen molar-refractivity contribution in [3.05, 3.63) is 30.0 Å². The third kappa shape index (κ3) is 2.85. The van der Waals surface area contributed by atoms with Gasteiger partial charge in [-0.2, -0.15) is 0 Å². The fraction of sp³-hybridized carbons (Fsp3) is 0.357. The normalized spacial score (nSPS) is 10.9. The predicted octanol–water partition coefficient (Wildman–Crippen LogP) is 3.27. The summed E-state index contributed by atoms with van der Waals surface area (Å²) in [4.78, 5) is 21.9. The van der Waals surface area contributed by atoms with Gasteiger partial charge in [0.25, 0.3) is 0 Å². The van der Waals surface area contributed by atoms with Gasteiger partial charge < -0.3 is 4.90 Å². The molecular weight excluding hydrogens is 277 g/mol. The summed E-state index contributed by atoms with van der Waals surface area (Å²) in [5.74, 6) is -0.454. The maximum atomic E-state index is 13.2. The van der Waals surface area contributed by atoms with E-state index in [9.17, 15) is 9.18 Å². The van der Waals surface area contributed by atoms with Crippen LogP contribution in [0.15, 0.2) is 18.5 Å². The van der Waals surface area contributed by atoms with Crippen molar-refractivity contribution >= 4 is 22.2 Å². The number of thiazole rings is 1. The van der Waals surface area contributed by atoms with Crippen LogP contribution in [0.5, 0.6) is 0 Å². The number of nitrogens with zero attached hydrogens (tertiary/aromatic N) is 3. The summed E-state index contributed by atoms with van der Waals surface area (Å²) in [5, 5.41) is 1.44. The zero-order chi connectivity index (χ0) is 14.9. The van der Waals surface area contributed by atoms with E-state index in [4.69, 9.17) is 0 Å². The molecule has 0 saturated carbocycles. The highest BCUT2D eigenvalue weighted by molar-refractivity contribution is 7.19. The average Bonchev–Trinajstić information content (AvgIpc) is 2.79. The van der Waals surface area contributed by atoms with E-state index < -0.39 is 5.82 Å². The van der Waals surface area contributed by atoms with Crippen LogP contribution in [0.25, 0.3) is 10.6 Å². The van der Waals surface area contributed by atoms with Crippen molar-refractivity contribution in [2.45, 2.75) is 20.8 Å². The molecule has 0 aliphatic heterocycles. The van der Waals surface area contributed by atoms with E-state index in [0.29, 0.717) is 10.6 Å². The van der Waals surface area contributed by atoms with Crippen molar-refractivity contribution < 1.29 is 9.18 Å². The Kier molecular flexibility index (Phi) is 4.13. The highest BCUT2D eigenvalue weighted by Crippen LogP contribution is 2.34. The van der Waals surface area contributed by atoms with Crippen molar-refractivity contribution in [3.63, 3.8) is 0 Å². The van der Waals surface area contributed by atoms with Crippen molar-refractivity contribution in [1.82, 2.24) is 9.97 Å². The van der Waals surface area contributed by atoms with Gasteiger partial charge in [-0.05, 0) is 13.0 Å². The Morgan fingerprint density at radius 2 is 2.10 bits per heavy atom. The first-order chi connectivity index (χ1) is 9.40. The number of hydrogen-bond acceptors (Lipinski definition) is 4. The maximum Gasteiger partial charge on any atom is 0.229 e. The van der Waals surface area contributed by atoms with E-state index in [1.54, 1.807) is 18.1 Å². The molecule has 2 aromatic rings. The number of aryl methyl sites for hydroxylation is 1. The second-order valence-electron chi connectivity index (χ2n) is 4.85. The number of amides is 1. The lowest BCUT2D eigenvalue weighted by molar-refractivity contribution is -0.121. The highest BCUT2D eigenvalue weighted by Gasteiger charge is 2.20. The van der Waals surface area contributed by atoms with E-state index >= 15 is 0 Å². The standard InChI is InChI=1S/C14H16FN3OS/c1-8(2)13(19)18(4)14-9(3)17-12(20-14)10-5-11(15)7-16-6-10/h5-8H,1-4H3. The Hall–Kier alpha value is -1.82. The summed E-state index contributed by atoms with van der Waals surface area (Å²) >= 11 is 1.36. The van der Waals surface area contributed by atoms with Crippen molar-refractivity contribution in [2.24, 2.45) is 5.92 Å². The van der Waals surface area contributed by atoms with Crippen molar-refractivity contribution in [3.8, 4) is 10.6 Å². The highest BCUT2D eigenvalue weighted by atomic mass is 32.1. The van der Waals surface area contributed by atoms with Crippen LogP contribution in [-0.2, 0) is 4.79 Å². The number of aromatic nitrogens is 2. The molecule has 4 nitrogen and oxygen atoms in total.